The van der Waals surface area contributed by atoms with Crippen molar-refractivity contribution < 1.29 is 13.2 Å². The van der Waals surface area contributed by atoms with Gasteiger partial charge in [-0.2, -0.15) is 0 Å². The Hall–Kier alpha value is -0.860. The highest BCUT2D eigenvalue weighted by Gasteiger charge is 2.35. The first-order valence-electron chi connectivity index (χ1n) is 9.15. The standard InChI is InChI=1S/C18H25Cl2N3O3S/c1-21-7-9-22(10-8-21)18(24)15-3-2-6-23(12-15)27(25,26)13-14-4-5-16(19)17(20)11-14/h4-5,11,15H,2-3,6-10,12-13H2,1H3. The van der Waals surface area contributed by atoms with Crippen LogP contribution < -0.4 is 0 Å². The summed E-state index contributed by atoms with van der Waals surface area (Å²) in [7, 11) is -1.48. The molecule has 2 fully saturated rings. The Morgan fingerprint density at radius 2 is 1.81 bits per heavy atom. The van der Waals surface area contributed by atoms with Crippen molar-refractivity contribution in [3.05, 3.63) is 33.8 Å². The van der Waals surface area contributed by atoms with E-state index in [1.165, 1.54) is 4.31 Å². The quantitative estimate of drug-likeness (QED) is 0.730. The maximum Gasteiger partial charge on any atom is 0.227 e. The van der Waals surface area contributed by atoms with E-state index in [1.54, 1.807) is 18.2 Å². The van der Waals surface area contributed by atoms with Crippen LogP contribution in [0.5, 0.6) is 0 Å². The second-order valence-electron chi connectivity index (χ2n) is 7.33. The Balaban J connectivity index is 1.65. The van der Waals surface area contributed by atoms with Gasteiger partial charge in [0, 0.05) is 39.3 Å². The summed E-state index contributed by atoms with van der Waals surface area (Å²) in [5, 5.41) is 0.736. The molecule has 1 unspecified atom stereocenters. The average molecular weight is 434 g/mol. The highest BCUT2D eigenvalue weighted by Crippen LogP contribution is 2.26. The first-order chi connectivity index (χ1) is 12.8. The number of carbonyl (C=O) groups excluding carboxylic acids is 1. The van der Waals surface area contributed by atoms with Gasteiger partial charge in [-0.05, 0) is 37.6 Å². The molecular weight excluding hydrogens is 409 g/mol. The first-order valence-corrected chi connectivity index (χ1v) is 11.5. The minimum Gasteiger partial charge on any atom is -0.340 e. The van der Waals surface area contributed by atoms with Gasteiger partial charge in [0.2, 0.25) is 15.9 Å². The third-order valence-corrected chi connectivity index (χ3v) is 7.83. The molecule has 0 saturated carbocycles. The number of likely N-dealkylation sites (N-methyl/N-ethyl adjacent to an activating group) is 1. The Morgan fingerprint density at radius 3 is 2.48 bits per heavy atom. The molecule has 6 nitrogen and oxygen atoms in total. The Morgan fingerprint density at radius 1 is 1.11 bits per heavy atom. The van der Waals surface area contributed by atoms with Crippen LogP contribution in [-0.2, 0) is 20.6 Å². The summed E-state index contributed by atoms with van der Waals surface area (Å²) in [6, 6.07) is 4.85. The lowest BCUT2D eigenvalue weighted by Gasteiger charge is -2.37. The van der Waals surface area contributed by atoms with Crippen LogP contribution in [-0.4, -0.2) is 74.7 Å². The van der Waals surface area contributed by atoms with Gasteiger partial charge in [0.1, 0.15) is 0 Å². The third kappa shape index (κ3) is 5.15. The van der Waals surface area contributed by atoms with Gasteiger partial charge in [0.05, 0.1) is 21.7 Å². The summed E-state index contributed by atoms with van der Waals surface area (Å²) in [6.45, 7) is 3.85. The first kappa shape index (κ1) is 20.9. The Kier molecular flexibility index (Phi) is 6.69. The molecule has 0 N–H and O–H groups in total. The number of nitrogens with zero attached hydrogens (tertiary/aromatic N) is 3. The van der Waals surface area contributed by atoms with Gasteiger partial charge in [-0.3, -0.25) is 4.79 Å². The molecule has 0 aromatic heterocycles. The number of piperazine rings is 1. The molecule has 1 aromatic carbocycles. The van der Waals surface area contributed by atoms with Gasteiger partial charge in [-0.15, -0.1) is 0 Å². The minimum absolute atomic E-state index is 0.0811. The molecule has 2 aliphatic rings. The van der Waals surface area contributed by atoms with E-state index in [1.807, 2.05) is 11.9 Å². The zero-order valence-corrected chi connectivity index (χ0v) is 17.7. The molecule has 0 aliphatic carbocycles. The lowest BCUT2D eigenvalue weighted by molar-refractivity contribution is -0.138. The molecule has 1 amide bonds. The van der Waals surface area contributed by atoms with E-state index in [-0.39, 0.29) is 24.1 Å². The van der Waals surface area contributed by atoms with Crippen LogP contribution in [0.3, 0.4) is 0 Å². The van der Waals surface area contributed by atoms with Crippen molar-refractivity contribution in [3.63, 3.8) is 0 Å². The van der Waals surface area contributed by atoms with E-state index in [0.29, 0.717) is 41.7 Å². The van der Waals surface area contributed by atoms with Gasteiger partial charge in [0.15, 0.2) is 0 Å². The second kappa shape index (κ2) is 8.66. The summed E-state index contributed by atoms with van der Waals surface area (Å²) < 4.78 is 27.2. The summed E-state index contributed by atoms with van der Waals surface area (Å²) >= 11 is 11.9. The zero-order chi connectivity index (χ0) is 19.6. The molecule has 0 radical (unpaired) electrons. The normalized spacial score (nSPS) is 22.8. The number of sulfonamides is 1. The predicted octanol–water partition coefficient (Wildman–Crippen LogP) is 2.31. The number of hydrogen-bond acceptors (Lipinski definition) is 4. The molecule has 2 heterocycles. The highest BCUT2D eigenvalue weighted by molar-refractivity contribution is 7.88. The van der Waals surface area contributed by atoms with E-state index >= 15 is 0 Å². The van der Waals surface area contributed by atoms with E-state index in [2.05, 4.69) is 4.90 Å². The zero-order valence-electron chi connectivity index (χ0n) is 15.4. The van der Waals surface area contributed by atoms with Crippen LogP contribution in [0.2, 0.25) is 10.0 Å². The van der Waals surface area contributed by atoms with Gasteiger partial charge < -0.3 is 9.80 Å². The third-order valence-electron chi connectivity index (χ3n) is 5.27. The van der Waals surface area contributed by atoms with Crippen LogP contribution in [0.25, 0.3) is 0 Å². The van der Waals surface area contributed by atoms with Crippen molar-refractivity contribution >= 4 is 39.1 Å². The fourth-order valence-corrected chi connectivity index (χ4v) is 5.53. The molecule has 27 heavy (non-hydrogen) atoms. The maximum absolute atomic E-state index is 12.9. The lowest BCUT2D eigenvalue weighted by atomic mass is 9.98. The number of amides is 1. The van der Waals surface area contributed by atoms with Crippen LogP contribution in [0, 0.1) is 5.92 Å². The maximum atomic E-state index is 12.9. The van der Waals surface area contributed by atoms with Crippen LogP contribution in [0.4, 0.5) is 0 Å². The molecule has 1 atom stereocenters. The fourth-order valence-electron chi connectivity index (χ4n) is 3.61. The molecule has 2 saturated heterocycles. The molecule has 1 aromatic rings. The number of carbonyl (C=O) groups is 1. The molecule has 2 aliphatic heterocycles. The number of piperidine rings is 1. The van der Waals surface area contributed by atoms with Crippen molar-refractivity contribution in [1.29, 1.82) is 0 Å². The van der Waals surface area contributed by atoms with Crippen molar-refractivity contribution in [2.24, 2.45) is 5.92 Å². The Bertz CT molecular complexity index is 795. The van der Waals surface area contributed by atoms with Gasteiger partial charge in [0.25, 0.3) is 0 Å². The SMILES string of the molecule is CN1CCN(C(=O)C2CCCN(S(=O)(=O)Cc3ccc(Cl)c(Cl)c3)C2)CC1. The van der Waals surface area contributed by atoms with Crippen LogP contribution >= 0.6 is 23.2 Å². The number of rotatable bonds is 4. The summed E-state index contributed by atoms with van der Waals surface area (Å²) in [6.07, 6.45) is 1.44. The van der Waals surface area contributed by atoms with E-state index in [4.69, 9.17) is 23.2 Å². The Labute approximate surface area is 171 Å². The van der Waals surface area contributed by atoms with Crippen molar-refractivity contribution in [2.45, 2.75) is 18.6 Å². The van der Waals surface area contributed by atoms with Gasteiger partial charge >= 0.3 is 0 Å². The molecule has 150 valence electrons. The molecular formula is C18H25Cl2N3O3S. The highest BCUT2D eigenvalue weighted by atomic mass is 35.5. The van der Waals surface area contributed by atoms with Crippen molar-refractivity contribution in [2.75, 3.05) is 46.3 Å². The largest absolute Gasteiger partial charge is 0.340 e. The fraction of sp³-hybridized carbons (Fsp3) is 0.611. The predicted molar refractivity (Wildman–Crippen MR) is 107 cm³/mol. The monoisotopic (exact) mass is 433 g/mol. The molecule has 9 heteroatoms. The molecule has 3 rings (SSSR count). The molecule has 0 bridgehead atoms. The number of halogens is 2. The van der Waals surface area contributed by atoms with Crippen LogP contribution in [0.1, 0.15) is 18.4 Å². The molecule has 0 spiro atoms. The van der Waals surface area contributed by atoms with Gasteiger partial charge in [-0.25, -0.2) is 12.7 Å². The summed E-state index contributed by atoms with van der Waals surface area (Å²) in [4.78, 5) is 16.9. The van der Waals surface area contributed by atoms with Crippen molar-refractivity contribution in [3.8, 4) is 0 Å². The van der Waals surface area contributed by atoms with E-state index in [9.17, 15) is 13.2 Å². The average Bonchev–Trinajstić information content (AvgIpc) is 2.65. The van der Waals surface area contributed by atoms with Crippen LogP contribution in [0.15, 0.2) is 18.2 Å². The smallest absolute Gasteiger partial charge is 0.227 e. The van der Waals surface area contributed by atoms with E-state index in [0.717, 1.165) is 19.5 Å². The lowest BCUT2D eigenvalue weighted by Crippen LogP contribution is -2.52. The summed E-state index contributed by atoms with van der Waals surface area (Å²) in [5.74, 6) is -0.317. The number of hydrogen-bond donors (Lipinski definition) is 0. The number of benzene rings is 1. The van der Waals surface area contributed by atoms with E-state index < -0.39 is 10.0 Å². The van der Waals surface area contributed by atoms with Crippen molar-refractivity contribution in [1.82, 2.24) is 14.1 Å². The summed E-state index contributed by atoms with van der Waals surface area (Å²) in [5.41, 5.74) is 0.594. The van der Waals surface area contributed by atoms with Gasteiger partial charge in [-0.1, -0.05) is 29.3 Å². The minimum atomic E-state index is -3.52. The topological polar surface area (TPSA) is 60.9 Å². The second-order valence-corrected chi connectivity index (χ2v) is 10.1.